The topological polar surface area (TPSA) is 164 Å². The van der Waals surface area contributed by atoms with Crippen molar-refractivity contribution in [3.05, 3.63) is 73.0 Å². The van der Waals surface area contributed by atoms with Crippen molar-refractivity contribution in [2.75, 3.05) is 35.3 Å². The zero-order valence-electron chi connectivity index (χ0n) is 26.8. The first kappa shape index (κ1) is 32.4. The molecule has 3 amide bonds. The maximum Gasteiger partial charge on any atom is 0.324 e. The molecule has 2 aliphatic heterocycles. The van der Waals surface area contributed by atoms with E-state index in [9.17, 15) is 9.59 Å². The highest BCUT2D eigenvalue weighted by molar-refractivity contribution is 7.19. The first-order chi connectivity index (χ1) is 23.1. The molecule has 13 nitrogen and oxygen atoms in total. The number of hydrogen-bond donors (Lipinski definition) is 4. The number of ether oxygens (including phenoxy) is 3. The van der Waals surface area contributed by atoms with Gasteiger partial charge in [0, 0.05) is 48.1 Å². The van der Waals surface area contributed by atoms with E-state index in [2.05, 4.69) is 30.9 Å². The number of hydrogen-bond acceptors (Lipinski definition) is 11. The lowest BCUT2D eigenvalue weighted by atomic mass is 9.90. The maximum atomic E-state index is 13.0. The summed E-state index contributed by atoms with van der Waals surface area (Å²) in [6, 6.07) is 12.4. The molecule has 0 spiro atoms. The fraction of sp³-hybridized carbons (Fsp3) is 0.294. The highest BCUT2D eigenvalue weighted by Crippen LogP contribution is 2.35. The lowest BCUT2D eigenvalue weighted by Gasteiger charge is -2.23. The van der Waals surface area contributed by atoms with Crippen LogP contribution in [0, 0.1) is 10.8 Å². The van der Waals surface area contributed by atoms with Crippen LogP contribution >= 0.6 is 11.3 Å². The summed E-state index contributed by atoms with van der Waals surface area (Å²) in [6.07, 6.45) is 8.71. The van der Waals surface area contributed by atoms with Crippen LogP contribution < -0.4 is 35.1 Å². The number of aromatic nitrogens is 3. The van der Waals surface area contributed by atoms with Gasteiger partial charge in [-0.05, 0) is 54.8 Å². The van der Waals surface area contributed by atoms with E-state index in [1.807, 2.05) is 45.0 Å². The van der Waals surface area contributed by atoms with Crippen LogP contribution in [0.15, 0.2) is 73.0 Å². The molecule has 4 N–H and O–H groups in total. The average molecular weight is 669 g/mol. The van der Waals surface area contributed by atoms with Crippen molar-refractivity contribution >= 4 is 45.5 Å². The molecule has 248 valence electrons. The summed E-state index contributed by atoms with van der Waals surface area (Å²) < 4.78 is 17.1. The summed E-state index contributed by atoms with van der Waals surface area (Å²) in [5.74, 6) is 2.19. The minimum absolute atomic E-state index is 0.108. The Morgan fingerprint density at radius 2 is 1.71 bits per heavy atom. The van der Waals surface area contributed by atoms with E-state index in [0.717, 1.165) is 28.4 Å². The van der Waals surface area contributed by atoms with E-state index < -0.39 is 11.4 Å². The van der Waals surface area contributed by atoms with E-state index in [-0.39, 0.29) is 11.9 Å². The number of benzene rings is 2. The van der Waals surface area contributed by atoms with Crippen LogP contribution in [0.1, 0.15) is 40.0 Å². The number of carbonyl (C=O) groups excluding carboxylic acids is 2. The van der Waals surface area contributed by atoms with Gasteiger partial charge in [0.15, 0.2) is 16.6 Å². The largest absolute Gasteiger partial charge is 0.486 e. The molecule has 4 aromatic rings. The number of nitrogens with zero attached hydrogens (tertiary/aromatic N) is 4. The molecule has 0 radical (unpaired) electrons. The molecule has 48 heavy (non-hydrogen) atoms. The van der Waals surface area contributed by atoms with Gasteiger partial charge in [0.2, 0.25) is 5.91 Å². The molecule has 2 aliphatic rings. The van der Waals surface area contributed by atoms with Crippen LogP contribution in [0.4, 0.5) is 21.3 Å². The van der Waals surface area contributed by atoms with Crippen molar-refractivity contribution in [3.63, 3.8) is 0 Å². The van der Waals surface area contributed by atoms with E-state index in [1.165, 1.54) is 23.7 Å². The van der Waals surface area contributed by atoms with Crippen molar-refractivity contribution in [1.29, 1.82) is 5.41 Å². The van der Waals surface area contributed by atoms with Crippen LogP contribution in [0.3, 0.4) is 0 Å². The second-order valence-corrected chi connectivity index (χ2v) is 13.2. The van der Waals surface area contributed by atoms with E-state index in [0.29, 0.717) is 66.3 Å². The number of thiazole rings is 1. The van der Waals surface area contributed by atoms with Crippen LogP contribution in [0.2, 0.25) is 0 Å². The first-order valence-electron chi connectivity index (χ1n) is 15.5. The molecule has 14 heteroatoms. The number of amides is 3. The Balaban J connectivity index is 1.06. The molecule has 1 fully saturated rings. The Kier molecular flexibility index (Phi) is 9.52. The summed E-state index contributed by atoms with van der Waals surface area (Å²) in [5, 5.41) is 17.8. The quantitative estimate of drug-likeness (QED) is 0.140. The molecule has 6 rings (SSSR count). The van der Waals surface area contributed by atoms with Gasteiger partial charge in [-0.1, -0.05) is 32.1 Å². The minimum Gasteiger partial charge on any atom is -0.486 e. The van der Waals surface area contributed by atoms with Crippen molar-refractivity contribution < 1.29 is 23.8 Å². The first-order valence-corrected chi connectivity index (χ1v) is 16.3. The van der Waals surface area contributed by atoms with Crippen LogP contribution in [0.5, 0.6) is 23.3 Å². The Bertz CT molecular complexity index is 1830. The van der Waals surface area contributed by atoms with Gasteiger partial charge >= 0.3 is 12.0 Å². The standard InChI is InChI=1S/C34H36N8O5S/c1-34(2,3)28(35)17-29(39-22-9-12-25-26(16-22)46-15-14-45-25)41-31(44)40-23-18-36-32(37-19-23)47-24-10-7-21(8-11-24)27-20-38-33(48-27)42-13-5-4-6-30(42)43/h7-12,16-20,35,39H,4-6,13-15H2,1-3H3,(H2,40,41,44)/b29-17+,35-28?. The zero-order valence-corrected chi connectivity index (χ0v) is 27.6. The van der Waals surface area contributed by atoms with Crippen LogP contribution in [0.25, 0.3) is 10.4 Å². The van der Waals surface area contributed by atoms with Gasteiger partial charge < -0.3 is 30.3 Å². The van der Waals surface area contributed by atoms with Crippen molar-refractivity contribution in [1.82, 2.24) is 20.3 Å². The molecule has 0 aliphatic carbocycles. The number of urea groups is 1. The lowest BCUT2D eigenvalue weighted by molar-refractivity contribution is -0.119. The van der Waals surface area contributed by atoms with Gasteiger partial charge in [-0.3, -0.25) is 15.0 Å². The fourth-order valence-corrected chi connectivity index (χ4v) is 5.75. The van der Waals surface area contributed by atoms with Gasteiger partial charge in [-0.2, -0.15) is 0 Å². The van der Waals surface area contributed by atoms with Gasteiger partial charge in [0.1, 0.15) is 24.8 Å². The summed E-state index contributed by atoms with van der Waals surface area (Å²) in [5.41, 5.74) is 1.81. The SMILES string of the molecule is CC(C)(C)C(=N)/C=C(/NC(=O)Nc1cnc(Oc2ccc(-c3cnc(N4CCCCC4=O)s3)cc2)nc1)Nc1ccc2c(c1)OCCO2. The lowest BCUT2D eigenvalue weighted by Crippen LogP contribution is -2.34. The summed E-state index contributed by atoms with van der Waals surface area (Å²) in [7, 11) is 0. The van der Waals surface area contributed by atoms with Crippen molar-refractivity contribution in [3.8, 4) is 33.7 Å². The third-order valence-corrected chi connectivity index (χ3v) is 8.52. The monoisotopic (exact) mass is 668 g/mol. The number of rotatable bonds is 9. The number of nitrogens with one attached hydrogen (secondary N) is 4. The molecule has 4 heterocycles. The molecular weight excluding hydrogens is 632 g/mol. The minimum atomic E-state index is -0.559. The maximum absolute atomic E-state index is 13.0. The van der Waals surface area contributed by atoms with Gasteiger partial charge in [0.05, 0.1) is 23.0 Å². The Hall–Kier alpha value is -5.50. The predicted octanol–water partition coefficient (Wildman–Crippen LogP) is 6.82. The van der Waals surface area contributed by atoms with Crippen molar-refractivity contribution in [2.24, 2.45) is 5.41 Å². The van der Waals surface area contributed by atoms with Crippen LogP contribution in [-0.2, 0) is 4.79 Å². The number of fused-ring (bicyclic) bond motifs is 1. The van der Waals surface area contributed by atoms with E-state index in [1.54, 1.807) is 35.4 Å². The number of anilines is 3. The molecule has 0 unspecified atom stereocenters. The van der Waals surface area contributed by atoms with Gasteiger partial charge in [-0.15, -0.1) is 0 Å². The molecule has 0 saturated carbocycles. The summed E-state index contributed by atoms with van der Waals surface area (Å²) in [4.78, 5) is 40.9. The third-order valence-electron chi connectivity index (χ3n) is 7.45. The molecule has 0 atom stereocenters. The zero-order chi connectivity index (χ0) is 33.7. The summed E-state index contributed by atoms with van der Waals surface area (Å²) >= 11 is 1.49. The molecular formula is C34H36N8O5S. The fourth-order valence-electron chi connectivity index (χ4n) is 4.78. The molecule has 0 bridgehead atoms. The second kappa shape index (κ2) is 14.1. The average Bonchev–Trinajstić information content (AvgIpc) is 3.56. The molecule has 2 aromatic carbocycles. The van der Waals surface area contributed by atoms with Gasteiger partial charge in [-0.25, -0.2) is 19.7 Å². The molecule has 2 aromatic heterocycles. The third kappa shape index (κ3) is 8.07. The Labute approximate surface area is 281 Å². The van der Waals surface area contributed by atoms with E-state index >= 15 is 0 Å². The highest BCUT2D eigenvalue weighted by Gasteiger charge is 2.23. The number of piperidine rings is 1. The summed E-state index contributed by atoms with van der Waals surface area (Å²) in [6.45, 7) is 7.39. The number of allylic oxidation sites excluding steroid dienone is 1. The number of carbonyl (C=O) groups is 2. The van der Waals surface area contributed by atoms with E-state index in [4.69, 9.17) is 19.6 Å². The normalized spacial score (nSPS) is 14.7. The van der Waals surface area contributed by atoms with Crippen LogP contribution in [-0.4, -0.2) is 52.4 Å². The second-order valence-electron chi connectivity index (χ2n) is 12.2. The van der Waals surface area contributed by atoms with Crippen molar-refractivity contribution in [2.45, 2.75) is 40.0 Å². The smallest absolute Gasteiger partial charge is 0.324 e. The Morgan fingerprint density at radius 3 is 2.44 bits per heavy atom. The Morgan fingerprint density at radius 1 is 0.958 bits per heavy atom. The van der Waals surface area contributed by atoms with Gasteiger partial charge in [0.25, 0.3) is 0 Å². The highest BCUT2D eigenvalue weighted by atomic mass is 32.1. The predicted molar refractivity (Wildman–Crippen MR) is 184 cm³/mol. The molecule has 1 saturated heterocycles.